The molecule has 1 aromatic heterocycles. The summed E-state index contributed by atoms with van der Waals surface area (Å²) in [6, 6.07) is 0. The van der Waals surface area contributed by atoms with Crippen molar-refractivity contribution in [3.05, 3.63) is 32.1 Å². The Kier molecular flexibility index (Phi) is 2.90. The molecule has 0 aromatic carbocycles. The molecule has 0 unspecified atom stereocenters. The summed E-state index contributed by atoms with van der Waals surface area (Å²) >= 11 is 0. The smallest absolute Gasteiger partial charge is 0.302 e. The highest BCUT2D eigenvalue weighted by atomic mass is 16.2. The van der Waals surface area contributed by atoms with Crippen molar-refractivity contribution in [2.75, 3.05) is 7.05 Å². The van der Waals surface area contributed by atoms with E-state index in [1.807, 2.05) is 0 Å². The lowest BCUT2D eigenvalue weighted by Crippen LogP contribution is -2.43. The molecular weight excluding hydrogens is 182 g/mol. The van der Waals surface area contributed by atoms with Crippen molar-refractivity contribution in [1.29, 1.82) is 0 Å². The summed E-state index contributed by atoms with van der Waals surface area (Å²) in [6.45, 7) is 3.73. The van der Waals surface area contributed by atoms with Crippen LogP contribution in [0.25, 0.3) is 0 Å². The first-order valence-corrected chi connectivity index (χ1v) is 4.42. The minimum absolute atomic E-state index is 0.222. The Labute approximate surface area is 82.0 Å². The van der Waals surface area contributed by atoms with Crippen molar-refractivity contribution in [3.8, 4) is 0 Å². The van der Waals surface area contributed by atoms with Gasteiger partial charge in [0.25, 0.3) is 5.56 Å². The summed E-state index contributed by atoms with van der Waals surface area (Å²) in [5, 5.41) is 2.79. The molecule has 1 aromatic rings. The fourth-order valence-corrected chi connectivity index (χ4v) is 1.32. The van der Waals surface area contributed by atoms with Crippen LogP contribution in [0.5, 0.6) is 0 Å². The van der Waals surface area contributed by atoms with Crippen LogP contribution < -0.4 is 16.6 Å². The number of nitrogens with zero attached hydrogens (tertiary/aromatic N) is 2. The van der Waals surface area contributed by atoms with E-state index in [0.29, 0.717) is 11.3 Å². The van der Waals surface area contributed by atoms with Crippen LogP contribution in [0.2, 0.25) is 0 Å². The molecule has 14 heavy (non-hydrogen) atoms. The summed E-state index contributed by atoms with van der Waals surface area (Å²) in [5.41, 5.74) is 0.821. The van der Waals surface area contributed by atoms with Crippen molar-refractivity contribution in [3.63, 3.8) is 0 Å². The maximum Gasteiger partial charge on any atom is 0.332 e. The molecule has 0 aliphatic carbocycles. The number of hydrogen-bond acceptors (Lipinski definition) is 3. The van der Waals surface area contributed by atoms with Gasteiger partial charge in [-0.15, -0.1) is 0 Å². The first-order valence-electron chi connectivity index (χ1n) is 4.42. The molecule has 1 heterocycles. The second-order valence-corrected chi connectivity index (χ2v) is 3.30. The lowest BCUT2D eigenvalue weighted by molar-refractivity contribution is 0.533. The van der Waals surface area contributed by atoms with Gasteiger partial charge in [-0.05, 0) is 20.9 Å². The standard InChI is InChI=1S/C9H15N3O2/c1-6-7(2)11(4)9(14)12(5-10-3)8(6)13/h10H,5H2,1-4H3. The molecule has 0 amide bonds. The Morgan fingerprint density at radius 2 is 1.86 bits per heavy atom. The summed E-state index contributed by atoms with van der Waals surface area (Å²) in [5.74, 6) is 0. The third-order valence-electron chi connectivity index (χ3n) is 2.45. The zero-order chi connectivity index (χ0) is 10.9. The van der Waals surface area contributed by atoms with Gasteiger partial charge in [-0.2, -0.15) is 0 Å². The molecule has 5 heteroatoms. The monoisotopic (exact) mass is 197 g/mol. The van der Waals surface area contributed by atoms with E-state index in [0.717, 1.165) is 0 Å². The molecule has 0 aliphatic rings. The Morgan fingerprint density at radius 3 is 2.36 bits per heavy atom. The van der Waals surface area contributed by atoms with Gasteiger partial charge < -0.3 is 9.88 Å². The van der Waals surface area contributed by atoms with Gasteiger partial charge in [0.15, 0.2) is 0 Å². The Bertz CT molecular complexity index is 419. The van der Waals surface area contributed by atoms with Gasteiger partial charge in [0, 0.05) is 18.3 Å². The Balaban J connectivity index is 3.61. The highest BCUT2D eigenvalue weighted by molar-refractivity contribution is 5.14. The minimum atomic E-state index is -0.285. The van der Waals surface area contributed by atoms with Gasteiger partial charge in [0.2, 0.25) is 0 Å². The van der Waals surface area contributed by atoms with Crippen LogP contribution in [-0.4, -0.2) is 16.2 Å². The molecule has 0 saturated carbocycles. The minimum Gasteiger partial charge on any atom is -0.302 e. The zero-order valence-electron chi connectivity index (χ0n) is 8.92. The lowest BCUT2D eigenvalue weighted by atomic mass is 10.2. The van der Waals surface area contributed by atoms with E-state index in [9.17, 15) is 9.59 Å². The number of nitrogens with one attached hydrogen (secondary N) is 1. The average Bonchev–Trinajstić information content (AvgIpc) is 2.19. The molecule has 0 atom stereocenters. The van der Waals surface area contributed by atoms with E-state index in [4.69, 9.17) is 0 Å². The quantitative estimate of drug-likeness (QED) is 0.685. The first kappa shape index (κ1) is 10.7. The summed E-state index contributed by atoms with van der Waals surface area (Å²) in [4.78, 5) is 23.3. The molecule has 5 nitrogen and oxygen atoms in total. The average molecular weight is 197 g/mol. The molecule has 1 N–H and O–H groups in total. The van der Waals surface area contributed by atoms with Crippen LogP contribution in [-0.2, 0) is 13.7 Å². The number of rotatable bonds is 2. The second kappa shape index (κ2) is 3.79. The van der Waals surface area contributed by atoms with E-state index in [-0.39, 0.29) is 17.9 Å². The Hall–Kier alpha value is -1.36. The van der Waals surface area contributed by atoms with E-state index in [1.165, 1.54) is 9.13 Å². The third kappa shape index (κ3) is 1.50. The molecule has 0 saturated heterocycles. The highest BCUT2D eigenvalue weighted by Gasteiger charge is 2.09. The molecule has 0 fully saturated rings. The van der Waals surface area contributed by atoms with Crippen molar-refractivity contribution < 1.29 is 0 Å². The van der Waals surface area contributed by atoms with E-state index in [1.54, 1.807) is 27.9 Å². The summed E-state index contributed by atoms with van der Waals surface area (Å²) < 4.78 is 2.66. The summed E-state index contributed by atoms with van der Waals surface area (Å²) in [7, 11) is 3.36. The molecule has 0 radical (unpaired) electrons. The predicted octanol–water partition coefficient (Wildman–Crippen LogP) is -0.659. The van der Waals surface area contributed by atoms with Crippen LogP contribution in [0.15, 0.2) is 9.59 Å². The summed E-state index contributed by atoms with van der Waals surface area (Å²) in [6.07, 6.45) is 0. The maximum absolute atomic E-state index is 11.7. The van der Waals surface area contributed by atoms with Crippen LogP contribution >= 0.6 is 0 Å². The van der Waals surface area contributed by atoms with Gasteiger partial charge in [0.05, 0.1) is 6.67 Å². The third-order valence-corrected chi connectivity index (χ3v) is 2.45. The maximum atomic E-state index is 11.7. The topological polar surface area (TPSA) is 56.0 Å². The van der Waals surface area contributed by atoms with Crippen molar-refractivity contribution in [2.45, 2.75) is 20.5 Å². The lowest BCUT2D eigenvalue weighted by Gasteiger charge is -2.11. The van der Waals surface area contributed by atoms with Gasteiger partial charge in [-0.25, -0.2) is 9.36 Å². The normalized spacial score (nSPS) is 10.6. The first-order chi connectivity index (χ1) is 6.50. The van der Waals surface area contributed by atoms with Gasteiger partial charge in [-0.1, -0.05) is 0 Å². The number of hydrogen-bond donors (Lipinski definition) is 1. The van der Waals surface area contributed by atoms with Crippen LogP contribution in [0.4, 0.5) is 0 Å². The molecule has 1 rings (SSSR count). The second-order valence-electron chi connectivity index (χ2n) is 3.30. The van der Waals surface area contributed by atoms with Gasteiger partial charge >= 0.3 is 5.69 Å². The fourth-order valence-electron chi connectivity index (χ4n) is 1.32. The molecular formula is C9H15N3O2. The van der Waals surface area contributed by atoms with Crippen molar-refractivity contribution in [1.82, 2.24) is 14.5 Å². The molecule has 78 valence electrons. The van der Waals surface area contributed by atoms with E-state index in [2.05, 4.69) is 5.32 Å². The van der Waals surface area contributed by atoms with Crippen LogP contribution in [0, 0.1) is 13.8 Å². The van der Waals surface area contributed by atoms with Crippen molar-refractivity contribution >= 4 is 0 Å². The van der Waals surface area contributed by atoms with E-state index < -0.39 is 0 Å². The Morgan fingerprint density at radius 1 is 1.29 bits per heavy atom. The number of aromatic nitrogens is 2. The van der Waals surface area contributed by atoms with E-state index >= 15 is 0 Å². The predicted molar refractivity (Wildman–Crippen MR) is 54.5 cm³/mol. The molecule has 0 spiro atoms. The van der Waals surface area contributed by atoms with Crippen molar-refractivity contribution in [2.24, 2.45) is 7.05 Å². The molecule has 0 aliphatic heterocycles. The molecule has 0 bridgehead atoms. The van der Waals surface area contributed by atoms with Crippen LogP contribution in [0.3, 0.4) is 0 Å². The van der Waals surface area contributed by atoms with Gasteiger partial charge in [0.1, 0.15) is 0 Å². The largest absolute Gasteiger partial charge is 0.332 e. The van der Waals surface area contributed by atoms with Crippen LogP contribution in [0.1, 0.15) is 11.3 Å². The fraction of sp³-hybridized carbons (Fsp3) is 0.556. The van der Waals surface area contributed by atoms with Gasteiger partial charge in [-0.3, -0.25) is 4.79 Å². The highest BCUT2D eigenvalue weighted by Crippen LogP contribution is 1.94. The zero-order valence-corrected chi connectivity index (χ0v) is 8.92. The SMILES string of the molecule is CNCn1c(=O)c(C)c(C)n(C)c1=O.